The van der Waals surface area contributed by atoms with Crippen molar-refractivity contribution in [2.24, 2.45) is 0 Å². The van der Waals surface area contributed by atoms with Crippen LogP contribution in [0, 0.1) is 12.7 Å². The van der Waals surface area contributed by atoms with E-state index < -0.39 is 0 Å². The van der Waals surface area contributed by atoms with E-state index in [9.17, 15) is 4.39 Å². The summed E-state index contributed by atoms with van der Waals surface area (Å²) in [5.74, 6) is -0.265. The second-order valence-corrected chi connectivity index (χ2v) is 5.65. The molecule has 20 heavy (non-hydrogen) atoms. The van der Waals surface area contributed by atoms with Crippen LogP contribution in [0.15, 0.2) is 46.9 Å². The van der Waals surface area contributed by atoms with E-state index in [1.807, 2.05) is 25.1 Å². The van der Waals surface area contributed by atoms with Crippen LogP contribution in [0.25, 0.3) is 10.9 Å². The highest BCUT2D eigenvalue weighted by Gasteiger charge is 2.13. The van der Waals surface area contributed by atoms with Crippen LogP contribution in [0.3, 0.4) is 0 Å². The average molecular weight is 333 g/mol. The van der Waals surface area contributed by atoms with Gasteiger partial charge in [-0.05, 0) is 41.1 Å². The van der Waals surface area contributed by atoms with Gasteiger partial charge in [0.25, 0.3) is 0 Å². The maximum Gasteiger partial charge on any atom is 0.130 e. The molecular formula is C16H14BrFN2. The van der Waals surface area contributed by atoms with E-state index in [1.54, 1.807) is 12.1 Å². The Kier molecular flexibility index (Phi) is 3.26. The van der Waals surface area contributed by atoms with Crippen LogP contribution in [-0.4, -0.2) is 4.57 Å². The van der Waals surface area contributed by atoms with E-state index in [0.29, 0.717) is 17.8 Å². The first-order valence-corrected chi connectivity index (χ1v) is 7.14. The number of hydrogen-bond acceptors (Lipinski definition) is 1. The molecule has 0 aliphatic heterocycles. The summed E-state index contributed by atoms with van der Waals surface area (Å²) in [7, 11) is 0. The second kappa shape index (κ2) is 4.94. The molecule has 1 heterocycles. The van der Waals surface area contributed by atoms with Crippen LogP contribution in [0.1, 0.15) is 11.3 Å². The molecule has 0 radical (unpaired) electrons. The van der Waals surface area contributed by atoms with Gasteiger partial charge in [0.15, 0.2) is 0 Å². The summed E-state index contributed by atoms with van der Waals surface area (Å²) in [4.78, 5) is 0. The van der Waals surface area contributed by atoms with Crippen molar-refractivity contribution in [1.29, 1.82) is 0 Å². The standard InChI is InChI=1S/C16H14BrFN2/c1-10-16(17)13-4-2-3-5-15(13)20(10)9-11-6-7-12(19)8-14(11)18/h2-8H,9,19H2,1H3. The van der Waals surface area contributed by atoms with Crippen molar-refractivity contribution >= 4 is 32.5 Å². The molecule has 0 saturated heterocycles. The number of rotatable bonds is 2. The van der Waals surface area contributed by atoms with Gasteiger partial charge in [-0.3, -0.25) is 0 Å². The van der Waals surface area contributed by atoms with Crippen molar-refractivity contribution in [2.75, 3.05) is 5.73 Å². The topological polar surface area (TPSA) is 30.9 Å². The molecule has 4 heteroatoms. The van der Waals surface area contributed by atoms with Crippen LogP contribution >= 0.6 is 15.9 Å². The zero-order valence-electron chi connectivity index (χ0n) is 11.0. The maximum absolute atomic E-state index is 14.0. The predicted molar refractivity (Wildman–Crippen MR) is 84.3 cm³/mol. The number of nitrogen functional groups attached to an aromatic ring is 1. The number of nitrogens with zero attached hydrogens (tertiary/aromatic N) is 1. The summed E-state index contributed by atoms with van der Waals surface area (Å²) in [6.45, 7) is 2.52. The van der Waals surface area contributed by atoms with E-state index in [1.165, 1.54) is 6.07 Å². The van der Waals surface area contributed by atoms with Crippen molar-refractivity contribution in [3.63, 3.8) is 0 Å². The molecule has 0 unspecified atom stereocenters. The molecule has 0 aliphatic carbocycles. The van der Waals surface area contributed by atoms with E-state index >= 15 is 0 Å². The third-order valence-electron chi connectivity index (χ3n) is 3.56. The van der Waals surface area contributed by atoms with Crippen LogP contribution < -0.4 is 5.73 Å². The molecule has 2 N–H and O–H groups in total. The lowest BCUT2D eigenvalue weighted by molar-refractivity contribution is 0.601. The van der Waals surface area contributed by atoms with E-state index in [2.05, 4.69) is 26.6 Å². The number of halogens is 2. The zero-order chi connectivity index (χ0) is 14.3. The minimum atomic E-state index is -0.265. The Morgan fingerprint density at radius 1 is 1.20 bits per heavy atom. The van der Waals surface area contributed by atoms with Crippen LogP contribution in [0.5, 0.6) is 0 Å². The van der Waals surface area contributed by atoms with Gasteiger partial charge in [0.2, 0.25) is 0 Å². The van der Waals surface area contributed by atoms with E-state index in [0.717, 1.165) is 21.1 Å². The van der Waals surface area contributed by atoms with Gasteiger partial charge in [0.1, 0.15) is 5.82 Å². The molecule has 2 nitrogen and oxygen atoms in total. The first-order chi connectivity index (χ1) is 9.58. The molecule has 0 spiro atoms. The Balaban J connectivity index is 2.13. The van der Waals surface area contributed by atoms with Gasteiger partial charge in [-0.15, -0.1) is 0 Å². The Hall–Kier alpha value is -1.81. The summed E-state index contributed by atoms with van der Waals surface area (Å²) in [6, 6.07) is 12.9. The number of anilines is 1. The molecule has 2 aromatic carbocycles. The summed E-state index contributed by atoms with van der Waals surface area (Å²) in [5, 5.41) is 1.14. The molecule has 0 atom stereocenters. The highest BCUT2D eigenvalue weighted by Crippen LogP contribution is 2.31. The Morgan fingerprint density at radius 2 is 1.95 bits per heavy atom. The fraction of sp³-hybridized carbons (Fsp3) is 0.125. The van der Waals surface area contributed by atoms with Gasteiger partial charge in [0.05, 0.1) is 6.54 Å². The number of hydrogen-bond donors (Lipinski definition) is 1. The number of aromatic nitrogens is 1. The first-order valence-electron chi connectivity index (χ1n) is 6.35. The molecule has 0 saturated carbocycles. The lowest BCUT2D eigenvalue weighted by Crippen LogP contribution is -2.04. The first kappa shape index (κ1) is 13.2. The van der Waals surface area contributed by atoms with Crippen molar-refractivity contribution < 1.29 is 4.39 Å². The third kappa shape index (κ3) is 2.10. The quantitative estimate of drug-likeness (QED) is 0.689. The van der Waals surface area contributed by atoms with Gasteiger partial charge in [-0.1, -0.05) is 24.3 Å². The number of para-hydroxylation sites is 1. The normalized spacial score (nSPS) is 11.2. The summed E-state index contributed by atoms with van der Waals surface area (Å²) < 4.78 is 17.1. The molecule has 102 valence electrons. The molecule has 0 fully saturated rings. The molecule has 0 aliphatic rings. The molecular weight excluding hydrogens is 319 g/mol. The summed E-state index contributed by atoms with van der Waals surface area (Å²) >= 11 is 3.61. The molecule has 0 amide bonds. The van der Waals surface area contributed by atoms with Crippen molar-refractivity contribution in [1.82, 2.24) is 4.57 Å². The van der Waals surface area contributed by atoms with Crippen molar-refractivity contribution in [3.8, 4) is 0 Å². The minimum absolute atomic E-state index is 0.265. The Morgan fingerprint density at radius 3 is 2.70 bits per heavy atom. The highest BCUT2D eigenvalue weighted by atomic mass is 79.9. The minimum Gasteiger partial charge on any atom is -0.399 e. The number of fused-ring (bicyclic) bond motifs is 1. The van der Waals surface area contributed by atoms with Crippen LogP contribution in [0.2, 0.25) is 0 Å². The summed E-state index contributed by atoms with van der Waals surface area (Å²) in [5.41, 5.74) is 8.85. The lowest BCUT2D eigenvalue weighted by Gasteiger charge is -2.10. The monoisotopic (exact) mass is 332 g/mol. The van der Waals surface area contributed by atoms with Gasteiger partial charge in [0, 0.05) is 32.3 Å². The summed E-state index contributed by atoms with van der Waals surface area (Å²) in [6.07, 6.45) is 0. The molecule has 1 aromatic heterocycles. The van der Waals surface area contributed by atoms with Gasteiger partial charge in [-0.25, -0.2) is 4.39 Å². The fourth-order valence-electron chi connectivity index (χ4n) is 2.45. The Bertz CT molecular complexity index is 793. The van der Waals surface area contributed by atoms with E-state index in [4.69, 9.17) is 5.73 Å². The predicted octanol–water partition coefficient (Wildman–Crippen LogP) is 4.48. The van der Waals surface area contributed by atoms with E-state index in [-0.39, 0.29) is 5.82 Å². The lowest BCUT2D eigenvalue weighted by atomic mass is 10.2. The van der Waals surface area contributed by atoms with Crippen LogP contribution in [-0.2, 0) is 6.54 Å². The SMILES string of the molecule is Cc1c(Br)c2ccccc2n1Cc1ccc(N)cc1F. The largest absolute Gasteiger partial charge is 0.399 e. The third-order valence-corrected chi connectivity index (χ3v) is 4.56. The van der Waals surface area contributed by atoms with Gasteiger partial charge < -0.3 is 10.3 Å². The van der Waals surface area contributed by atoms with Crippen LogP contribution in [0.4, 0.5) is 10.1 Å². The molecule has 3 rings (SSSR count). The number of benzene rings is 2. The average Bonchev–Trinajstić information content (AvgIpc) is 2.67. The second-order valence-electron chi connectivity index (χ2n) is 4.85. The van der Waals surface area contributed by atoms with Crippen molar-refractivity contribution in [3.05, 3.63) is 64.0 Å². The smallest absolute Gasteiger partial charge is 0.130 e. The fourth-order valence-corrected chi connectivity index (χ4v) is 3.00. The number of nitrogens with two attached hydrogens (primary N) is 1. The maximum atomic E-state index is 14.0. The van der Waals surface area contributed by atoms with Crippen molar-refractivity contribution in [2.45, 2.75) is 13.5 Å². The van der Waals surface area contributed by atoms with Gasteiger partial charge in [-0.2, -0.15) is 0 Å². The zero-order valence-corrected chi connectivity index (χ0v) is 12.6. The molecule has 3 aromatic rings. The Labute approximate surface area is 125 Å². The molecule has 0 bridgehead atoms. The highest BCUT2D eigenvalue weighted by molar-refractivity contribution is 9.10. The van der Waals surface area contributed by atoms with Gasteiger partial charge >= 0.3 is 0 Å².